The first-order valence-electron chi connectivity index (χ1n) is 8.27. The molecule has 120 valence electrons. The molecule has 2 heterocycles. The van der Waals surface area contributed by atoms with Crippen LogP contribution in [0.3, 0.4) is 0 Å². The van der Waals surface area contributed by atoms with Crippen molar-refractivity contribution < 1.29 is 4.79 Å². The molecule has 0 radical (unpaired) electrons. The fourth-order valence-corrected chi connectivity index (χ4v) is 3.38. The van der Waals surface area contributed by atoms with Gasteiger partial charge in [-0.25, -0.2) is 4.98 Å². The predicted octanol–water partition coefficient (Wildman–Crippen LogP) is 2.21. The number of hydrogen-bond donors (Lipinski definition) is 1. The Balaban J connectivity index is 1.44. The van der Waals surface area contributed by atoms with Gasteiger partial charge in [0.05, 0.1) is 0 Å². The number of aromatic nitrogens is 1. The number of pyridine rings is 1. The van der Waals surface area contributed by atoms with E-state index in [1.807, 2.05) is 12.3 Å². The van der Waals surface area contributed by atoms with E-state index in [1.165, 1.54) is 5.56 Å². The summed E-state index contributed by atoms with van der Waals surface area (Å²) >= 11 is 0. The van der Waals surface area contributed by atoms with Gasteiger partial charge in [0.2, 0.25) is 5.91 Å². The molecule has 4 rings (SSSR count). The van der Waals surface area contributed by atoms with Crippen LogP contribution in [-0.4, -0.2) is 41.0 Å². The van der Waals surface area contributed by atoms with Crippen LogP contribution in [0.1, 0.15) is 30.4 Å². The Morgan fingerprint density at radius 1 is 1.35 bits per heavy atom. The molecule has 6 nitrogen and oxygen atoms in total. The standard InChI is InChI=1S/C17H20N4O2/c22-17(11-1-2-11)19-16-8-12-3-4-15(7-13(12)9-18-16)21-6-5-14(10-21)20-23/h3-4,8-9,11,14-15H,1-2,5-7,10H2,(H,18,19,22). The third-order valence-corrected chi connectivity index (χ3v) is 4.96. The number of likely N-dealkylation sites (tertiary alicyclic amines) is 1. The molecule has 23 heavy (non-hydrogen) atoms. The largest absolute Gasteiger partial charge is 0.310 e. The van der Waals surface area contributed by atoms with Crippen LogP contribution in [0.4, 0.5) is 5.82 Å². The van der Waals surface area contributed by atoms with Gasteiger partial charge in [0.25, 0.3) is 0 Å². The second kappa shape index (κ2) is 5.85. The van der Waals surface area contributed by atoms with E-state index in [-0.39, 0.29) is 17.9 Å². The van der Waals surface area contributed by atoms with Gasteiger partial charge in [-0.1, -0.05) is 17.3 Å². The normalized spacial score (nSPS) is 26.8. The fraction of sp³-hybridized carbons (Fsp3) is 0.529. The number of nitroso groups, excluding NO2 is 1. The number of carbonyl (C=O) groups excluding carboxylic acids is 1. The number of carbonyl (C=O) groups is 1. The van der Waals surface area contributed by atoms with Crippen LogP contribution in [0.25, 0.3) is 6.08 Å². The molecule has 2 aliphatic carbocycles. The van der Waals surface area contributed by atoms with E-state index in [0.717, 1.165) is 44.3 Å². The number of hydrogen-bond acceptors (Lipinski definition) is 5. The Hall–Kier alpha value is -2.08. The van der Waals surface area contributed by atoms with E-state index in [1.54, 1.807) is 0 Å². The summed E-state index contributed by atoms with van der Waals surface area (Å²) in [4.78, 5) is 29.2. The van der Waals surface area contributed by atoms with E-state index in [9.17, 15) is 9.70 Å². The van der Waals surface area contributed by atoms with Crippen LogP contribution in [0.15, 0.2) is 23.5 Å². The van der Waals surface area contributed by atoms with Crippen LogP contribution < -0.4 is 5.32 Å². The monoisotopic (exact) mass is 312 g/mol. The minimum atomic E-state index is -0.0667. The van der Waals surface area contributed by atoms with Crippen LogP contribution in [0.2, 0.25) is 0 Å². The predicted molar refractivity (Wildman–Crippen MR) is 87.9 cm³/mol. The molecule has 1 aliphatic heterocycles. The lowest BCUT2D eigenvalue weighted by atomic mass is 9.95. The van der Waals surface area contributed by atoms with Crippen molar-refractivity contribution in [1.82, 2.24) is 9.88 Å². The van der Waals surface area contributed by atoms with Crippen LogP contribution in [0.5, 0.6) is 0 Å². The molecule has 2 unspecified atom stereocenters. The van der Waals surface area contributed by atoms with Crippen molar-refractivity contribution in [2.45, 2.75) is 37.8 Å². The molecule has 0 spiro atoms. The summed E-state index contributed by atoms with van der Waals surface area (Å²) in [6, 6.07) is 2.19. The smallest absolute Gasteiger partial charge is 0.228 e. The number of amides is 1. The molecular formula is C17H20N4O2. The van der Waals surface area contributed by atoms with Crippen LogP contribution in [-0.2, 0) is 11.2 Å². The summed E-state index contributed by atoms with van der Waals surface area (Å²) in [5.74, 6) is 0.900. The summed E-state index contributed by atoms with van der Waals surface area (Å²) in [5.41, 5.74) is 2.30. The van der Waals surface area contributed by atoms with Crippen LogP contribution >= 0.6 is 0 Å². The SMILES string of the molecule is O=NC1CCN(C2C=Cc3cc(NC(=O)C4CC4)ncc3C2)C1. The topological polar surface area (TPSA) is 74.7 Å². The molecule has 0 bridgehead atoms. The van der Waals surface area contributed by atoms with E-state index in [4.69, 9.17) is 0 Å². The van der Waals surface area contributed by atoms with E-state index >= 15 is 0 Å². The van der Waals surface area contributed by atoms with E-state index in [2.05, 4.69) is 32.5 Å². The third kappa shape index (κ3) is 3.03. The molecule has 1 saturated heterocycles. The van der Waals surface area contributed by atoms with Gasteiger partial charge in [0.1, 0.15) is 11.9 Å². The summed E-state index contributed by atoms with van der Waals surface area (Å²) in [6.07, 6.45) is 9.86. The van der Waals surface area contributed by atoms with E-state index < -0.39 is 0 Å². The average molecular weight is 312 g/mol. The molecule has 1 amide bonds. The molecule has 1 saturated carbocycles. The summed E-state index contributed by atoms with van der Waals surface area (Å²) in [7, 11) is 0. The molecule has 1 aromatic rings. The van der Waals surface area contributed by atoms with E-state index in [0.29, 0.717) is 11.9 Å². The maximum absolute atomic E-state index is 11.8. The maximum atomic E-state index is 11.8. The molecule has 2 atom stereocenters. The average Bonchev–Trinajstić information content (AvgIpc) is 3.32. The Bertz CT molecular complexity index is 669. The highest BCUT2D eigenvalue weighted by molar-refractivity contribution is 5.93. The number of nitrogens with zero attached hydrogens (tertiary/aromatic N) is 3. The maximum Gasteiger partial charge on any atom is 0.228 e. The highest BCUT2D eigenvalue weighted by Gasteiger charge is 2.31. The molecule has 3 aliphatic rings. The molecule has 6 heteroatoms. The first kappa shape index (κ1) is 14.5. The zero-order valence-corrected chi connectivity index (χ0v) is 12.9. The number of nitrogens with one attached hydrogen (secondary N) is 1. The van der Waals surface area contributed by atoms with Crippen molar-refractivity contribution in [3.05, 3.63) is 34.4 Å². The Labute approximate surface area is 134 Å². The van der Waals surface area contributed by atoms with Crippen LogP contribution in [0, 0.1) is 10.8 Å². The Morgan fingerprint density at radius 2 is 2.22 bits per heavy atom. The van der Waals surface area contributed by atoms with Crippen molar-refractivity contribution in [3.8, 4) is 0 Å². The highest BCUT2D eigenvalue weighted by atomic mass is 16.3. The van der Waals surface area contributed by atoms with Gasteiger partial charge in [0.15, 0.2) is 0 Å². The molecule has 1 aromatic heterocycles. The number of fused-ring (bicyclic) bond motifs is 1. The van der Waals surface area contributed by atoms with Gasteiger partial charge >= 0.3 is 0 Å². The quantitative estimate of drug-likeness (QED) is 0.865. The number of anilines is 1. The lowest BCUT2D eigenvalue weighted by molar-refractivity contribution is -0.117. The Kier molecular flexibility index (Phi) is 3.69. The fourth-order valence-electron chi connectivity index (χ4n) is 3.38. The van der Waals surface area contributed by atoms with Crippen molar-refractivity contribution in [3.63, 3.8) is 0 Å². The second-order valence-corrected chi connectivity index (χ2v) is 6.71. The minimum Gasteiger partial charge on any atom is -0.310 e. The zero-order chi connectivity index (χ0) is 15.8. The lowest BCUT2D eigenvalue weighted by Gasteiger charge is -2.28. The Morgan fingerprint density at radius 3 is 2.96 bits per heavy atom. The minimum absolute atomic E-state index is 0.0667. The van der Waals surface area contributed by atoms with Gasteiger partial charge in [-0.2, -0.15) is 4.91 Å². The third-order valence-electron chi connectivity index (χ3n) is 4.96. The van der Waals surface area contributed by atoms with Crippen molar-refractivity contribution in [1.29, 1.82) is 0 Å². The van der Waals surface area contributed by atoms with Gasteiger partial charge in [0, 0.05) is 31.2 Å². The molecule has 2 fully saturated rings. The van der Waals surface area contributed by atoms with Crippen molar-refractivity contribution in [2.24, 2.45) is 11.1 Å². The summed E-state index contributed by atoms with van der Waals surface area (Å²) in [5, 5.41) is 6.06. The second-order valence-electron chi connectivity index (χ2n) is 6.71. The first-order valence-corrected chi connectivity index (χ1v) is 8.27. The van der Waals surface area contributed by atoms with Crippen molar-refractivity contribution >= 4 is 17.8 Å². The molecular weight excluding hydrogens is 292 g/mol. The number of rotatable bonds is 4. The van der Waals surface area contributed by atoms with Gasteiger partial charge in [-0.3, -0.25) is 9.69 Å². The lowest BCUT2D eigenvalue weighted by Crippen LogP contribution is -2.35. The highest BCUT2D eigenvalue weighted by Crippen LogP contribution is 2.31. The van der Waals surface area contributed by atoms with Crippen molar-refractivity contribution in [2.75, 3.05) is 18.4 Å². The first-order chi connectivity index (χ1) is 11.2. The molecule has 0 aromatic carbocycles. The molecule has 1 N–H and O–H groups in total. The summed E-state index contributed by atoms with van der Waals surface area (Å²) in [6.45, 7) is 1.67. The van der Waals surface area contributed by atoms with Gasteiger partial charge in [-0.15, -0.1) is 0 Å². The van der Waals surface area contributed by atoms with Gasteiger partial charge < -0.3 is 5.32 Å². The zero-order valence-electron chi connectivity index (χ0n) is 12.9. The van der Waals surface area contributed by atoms with Gasteiger partial charge in [-0.05, 0) is 42.9 Å². The summed E-state index contributed by atoms with van der Waals surface area (Å²) < 4.78 is 0.